The Balaban J connectivity index is 0.959. The molecule has 0 saturated heterocycles. The minimum atomic E-state index is -0.0940. The van der Waals surface area contributed by atoms with E-state index in [1.807, 2.05) is 6.07 Å². The average Bonchev–Trinajstić information content (AvgIpc) is 1.05. The van der Waals surface area contributed by atoms with Crippen molar-refractivity contribution in [1.29, 1.82) is 0 Å². The van der Waals surface area contributed by atoms with Crippen molar-refractivity contribution < 1.29 is 4.42 Å². The van der Waals surface area contributed by atoms with Gasteiger partial charge < -0.3 is 23.7 Å². The molecular weight excluding hydrogens is 1060 g/mol. The lowest BCUT2D eigenvalue weighted by Crippen LogP contribution is -2.61. The minimum absolute atomic E-state index is 0.00993. The molecule has 2 aliphatic heterocycles. The number of hydrogen-bond acceptors (Lipinski definition) is 4. The van der Waals surface area contributed by atoms with Crippen molar-refractivity contribution in [2.24, 2.45) is 0 Å². The molecule has 0 bridgehead atoms. The van der Waals surface area contributed by atoms with Gasteiger partial charge in [0, 0.05) is 72.7 Å². The highest BCUT2D eigenvalue weighted by molar-refractivity contribution is 7.00. The molecule has 0 radical (unpaired) electrons. The van der Waals surface area contributed by atoms with Crippen LogP contribution in [0.4, 0.5) is 51.2 Å². The Morgan fingerprint density at radius 1 is 0.368 bits per heavy atom. The van der Waals surface area contributed by atoms with Crippen molar-refractivity contribution >= 4 is 118 Å². The molecule has 15 rings (SSSR count). The smallest absolute Gasteiger partial charge is 0.252 e. The Hall–Kier alpha value is -9.52. The molecule has 0 amide bonds. The van der Waals surface area contributed by atoms with E-state index < -0.39 is 0 Å². The van der Waals surface area contributed by atoms with Gasteiger partial charge in [-0.05, 0) is 213 Å². The fourth-order valence-corrected chi connectivity index (χ4v) is 14.2. The molecule has 87 heavy (non-hydrogen) atoms. The van der Waals surface area contributed by atoms with Crippen molar-refractivity contribution in [3.05, 3.63) is 258 Å². The molecule has 0 fully saturated rings. The van der Waals surface area contributed by atoms with Gasteiger partial charge in [0.25, 0.3) is 6.71 Å². The maximum absolute atomic E-state index is 6.44. The van der Waals surface area contributed by atoms with E-state index >= 15 is 0 Å². The van der Waals surface area contributed by atoms with E-state index in [4.69, 9.17) is 4.42 Å². The Labute approximate surface area is 512 Å². The van der Waals surface area contributed by atoms with Gasteiger partial charge in [-0.2, -0.15) is 0 Å². The van der Waals surface area contributed by atoms with Crippen molar-refractivity contribution in [3.63, 3.8) is 0 Å². The quantitative estimate of drug-likeness (QED) is 0.149. The molecule has 5 nitrogen and oxygen atoms in total. The highest BCUT2D eigenvalue weighted by atomic mass is 16.3. The van der Waals surface area contributed by atoms with Gasteiger partial charge in [-0.15, -0.1) is 0 Å². The molecule has 426 valence electrons. The third-order valence-electron chi connectivity index (χ3n) is 18.7. The fourth-order valence-electron chi connectivity index (χ4n) is 14.2. The van der Waals surface area contributed by atoms with E-state index in [-0.39, 0.29) is 23.0 Å². The van der Waals surface area contributed by atoms with Gasteiger partial charge in [-0.1, -0.05) is 172 Å². The molecule has 13 aromatic rings. The molecule has 4 heterocycles. The number of hydrogen-bond donors (Lipinski definition) is 0. The van der Waals surface area contributed by atoms with Crippen LogP contribution in [0.1, 0.15) is 95.7 Å². The number of anilines is 9. The lowest BCUT2D eigenvalue weighted by molar-refractivity contribution is 0.590. The molecule has 0 saturated carbocycles. The first-order valence-electron chi connectivity index (χ1n) is 30.9. The van der Waals surface area contributed by atoms with Gasteiger partial charge >= 0.3 is 0 Å². The van der Waals surface area contributed by atoms with Crippen molar-refractivity contribution in [3.8, 4) is 16.8 Å². The highest BCUT2D eigenvalue weighted by Gasteiger charge is 2.45. The van der Waals surface area contributed by atoms with Crippen LogP contribution in [-0.4, -0.2) is 11.3 Å². The monoisotopic (exact) mass is 1130 g/mol. The van der Waals surface area contributed by atoms with E-state index in [0.29, 0.717) is 0 Å². The van der Waals surface area contributed by atoms with Gasteiger partial charge in [0.2, 0.25) is 0 Å². The van der Waals surface area contributed by atoms with Crippen LogP contribution in [0.25, 0.3) is 60.6 Å². The van der Waals surface area contributed by atoms with Crippen molar-refractivity contribution in [2.75, 3.05) is 14.7 Å². The normalized spacial score (nSPS) is 13.2. The van der Waals surface area contributed by atoms with E-state index in [0.717, 1.165) is 61.5 Å². The van der Waals surface area contributed by atoms with E-state index in [1.54, 1.807) is 0 Å². The zero-order valence-corrected chi connectivity index (χ0v) is 52.1. The van der Waals surface area contributed by atoms with Crippen LogP contribution >= 0.6 is 0 Å². The van der Waals surface area contributed by atoms with E-state index in [1.165, 1.54) is 100 Å². The third kappa shape index (κ3) is 8.89. The second-order valence-electron chi connectivity index (χ2n) is 27.7. The molecule has 0 spiro atoms. The van der Waals surface area contributed by atoms with Gasteiger partial charge in [-0.3, -0.25) is 0 Å². The second kappa shape index (κ2) is 19.8. The largest absolute Gasteiger partial charge is 0.456 e. The number of fused-ring (bicyclic) bond motifs is 10. The van der Waals surface area contributed by atoms with Gasteiger partial charge in [-0.25, -0.2) is 0 Å². The summed E-state index contributed by atoms with van der Waals surface area (Å²) in [6.45, 7) is 27.6. The van der Waals surface area contributed by atoms with Crippen LogP contribution in [-0.2, 0) is 16.2 Å². The predicted molar refractivity (Wildman–Crippen MR) is 373 cm³/mol. The van der Waals surface area contributed by atoms with Crippen LogP contribution < -0.4 is 31.1 Å². The number of nitrogens with zero attached hydrogens (tertiary/aromatic N) is 4. The van der Waals surface area contributed by atoms with Crippen LogP contribution in [0.5, 0.6) is 0 Å². The molecule has 2 aromatic heterocycles. The van der Waals surface area contributed by atoms with Crippen molar-refractivity contribution in [1.82, 2.24) is 4.57 Å². The Kier molecular flexibility index (Phi) is 12.3. The number of furan rings is 1. The summed E-state index contributed by atoms with van der Waals surface area (Å²) in [6, 6.07) is 84.7. The summed E-state index contributed by atoms with van der Waals surface area (Å²) < 4.78 is 8.87. The first-order chi connectivity index (χ1) is 41.8. The van der Waals surface area contributed by atoms with E-state index in [9.17, 15) is 0 Å². The lowest BCUT2D eigenvalue weighted by atomic mass is 9.33. The van der Waals surface area contributed by atoms with E-state index in [2.05, 4.69) is 321 Å². The molecule has 0 N–H and O–H groups in total. The number of rotatable bonds is 7. The Morgan fingerprint density at radius 2 is 0.931 bits per heavy atom. The summed E-state index contributed by atoms with van der Waals surface area (Å²) in [6.07, 6.45) is 0. The molecule has 0 aliphatic carbocycles. The number of benzene rings is 11. The number of aryl methyl sites for hydroxylation is 3. The SMILES string of the molecule is Cc1cc2c3c(c1)N(c1c(C)cc(-c4ccc5c(c4)oc4ccccc45)cc1C)c1ccc(C(C)(C)C)cc1B3c1ccc(N(c3ccc(C(C)(C)C)cc3)c3ccc4c5ccccc5n(-c5ccccc5)c4c3)cc1N2c1ccc(C(C)(C)C)cc1. The fraction of sp³-hybridized carbons (Fsp3) is 0.185. The number of aromatic nitrogens is 1. The summed E-state index contributed by atoms with van der Waals surface area (Å²) in [7, 11) is 0. The molecule has 6 heteroatoms. The summed E-state index contributed by atoms with van der Waals surface area (Å²) in [5, 5.41) is 4.74. The Bertz CT molecular complexity index is 4890. The van der Waals surface area contributed by atoms with Crippen LogP contribution in [0.2, 0.25) is 0 Å². The second-order valence-corrected chi connectivity index (χ2v) is 27.7. The van der Waals surface area contributed by atoms with Crippen LogP contribution in [0, 0.1) is 20.8 Å². The Morgan fingerprint density at radius 3 is 1.63 bits per heavy atom. The summed E-state index contributed by atoms with van der Waals surface area (Å²) in [5.74, 6) is 0. The topological polar surface area (TPSA) is 27.8 Å². The van der Waals surface area contributed by atoms with Crippen molar-refractivity contribution in [2.45, 2.75) is 99.3 Å². The first-order valence-corrected chi connectivity index (χ1v) is 30.9. The average molecular weight is 1130 g/mol. The summed E-state index contributed by atoms with van der Waals surface area (Å²) in [5.41, 5.74) is 29.3. The highest BCUT2D eigenvalue weighted by Crippen LogP contribution is 2.50. The molecule has 2 aliphatic rings. The zero-order chi connectivity index (χ0) is 60.0. The third-order valence-corrected chi connectivity index (χ3v) is 18.7. The minimum Gasteiger partial charge on any atom is -0.456 e. The maximum atomic E-state index is 6.44. The predicted octanol–water partition coefficient (Wildman–Crippen LogP) is 20.7. The van der Waals surface area contributed by atoms with Crippen LogP contribution in [0.3, 0.4) is 0 Å². The maximum Gasteiger partial charge on any atom is 0.252 e. The summed E-state index contributed by atoms with van der Waals surface area (Å²) in [4.78, 5) is 7.67. The van der Waals surface area contributed by atoms with Gasteiger partial charge in [0.15, 0.2) is 0 Å². The molecule has 0 atom stereocenters. The standard InChI is InChI=1S/C81H73BN4O/c1-50-42-73-77-74(43-50)86(78-51(2)44-54(45-52(78)3)53-26-38-66-65-23-17-19-25-75(65)87-76(66)46-53)70-41-31-57(81(10,11)12)47-68(70)82(77)67-40-37-62(49-72(67)85(73)60-34-29-56(30-35-60)80(7,8)9)83(59-32-27-55(28-33-59)79(4,5)6)61-36-39-64-63-22-16-18-24-69(63)84(71(64)48-61)58-20-14-13-15-21-58/h13-49H,1-12H3. The van der Waals surface area contributed by atoms with Gasteiger partial charge in [0.05, 0.1) is 16.7 Å². The van der Waals surface area contributed by atoms with Crippen LogP contribution in [0.15, 0.2) is 229 Å². The van der Waals surface area contributed by atoms with Gasteiger partial charge in [0.1, 0.15) is 11.2 Å². The zero-order valence-electron chi connectivity index (χ0n) is 52.1. The first kappa shape index (κ1) is 54.2. The molecular formula is C81H73BN4O. The molecule has 0 unspecified atom stereocenters. The summed E-state index contributed by atoms with van der Waals surface area (Å²) >= 11 is 0. The lowest BCUT2D eigenvalue weighted by Gasteiger charge is -2.45. The molecule has 11 aromatic carbocycles. The number of para-hydroxylation sites is 3.